The lowest BCUT2D eigenvalue weighted by atomic mass is 9.96. The number of rotatable bonds is 2. The van der Waals surface area contributed by atoms with Crippen molar-refractivity contribution in [2.45, 2.75) is 54.4 Å². The second kappa shape index (κ2) is 6.87. The van der Waals surface area contributed by atoms with Crippen LogP contribution in [0.3, 0.4) is 0 Å². The highest BCUT2D eigenvalue weighted by Crippen LogP contribution is 2.21. The molecule has 112 valence electrons. The predicted molar refractivity (Wildman–Crippen MR) is 87.5 cm³/mol. The van der Waals surface area contributed by atoms with Crippen LogP contribution in [0, 0.1) is 12.8 Å². The quantitative estimate of drug-likeness (QED) is 0.792. The van der Waals surface area contributed by atoms with E-state index in [0.29, 0.717) is 11.8 Å². The number of allylic oxidation sites excluding steroid dienone is 1. The van der Waals surface area contributed by atoms with Gasteiger partial charge in [0.15, 0.2) is 0 Å². The second-order valence-corrected chi connectivity index (χ2v) is 6.25. The lowest BCUT2D eigenvalue weighted by Gasteiger charge is -2.07. The fourth-order valence-electron chi connectivity index (χ4n) is 2.81. The second-order valence-electron chi connectivity index (χ2n) is 6.25. The van der Waals surface area contributed by atoms with Gasteiger partial charge in [0.25, 0.3) is 0 Å². The molecule has 0 fully saturated rings. The van der Waals surface area contributed by atoms with Gasteiger partial charge >= 0.3 is 0 Å². The largest absolute Gasteiger partial charge is 0.285 e. The molecule has 0 saturated heterocycles. The van der Waals surface area contributed by atoms with E-state index in [0.717, 1.165) is 12.2 Å². The van der Waals surface area contributed by atoms with Crippen molar-refractivity contribution in [1.29, 1.82) is 0 Å². The zero-order valence-corrected chi connectivity index (χ0v) is 14.3. The van der Waals surface area contributed by atoms with E-state index in [1.165, 1.54) is 22.4 Å². The lowest BCUT2D eigenvalue weighted by molar-refractivity contribution is 0.756. The molecule has 0 bridgehead atoms. The molecule has 0 spiro atoms. The molecule has 0 amide bonds. The summed E-state index contributed by atoms with van der Waals surface area (Å²) in [7, 11) is 1.96. The smallest absolute Gasteiger partial charge is 0.0628 e. The van der Waals surface area contributed by atoms with Crippen molar-refractivity contribution < 1.29 is 0 Å². The van der Waals surface area contributed by atoms with Crippen molar-refractivity contribution in [3.8, 4) is 0 Å². The Morgan fingerprint density at radius 3 is 1.85 bits per heavy atom. The molecule has 1 aliphatic rings. The molecule has 1 aliphatic heterocycles. The van der Waals surface area contributed by atoms with Gasteiger partial charge in [-0.05, 0) is 49.3 Å². The Kier molecular flexibility index (Phi) is 5.73. The molecule has 1 aromatic rings. The molecule has 0 aliphatic carbocycles. The molecule has 3 heteroatoms. The third kappa shape index (κ3) is 4.06. The molecule has 0 N–H and O–H groups in total. The van der Waals surface area contributed by atoms with Crippen LogP contribution in [0.4, 0.5) is 0 Å². The Balaban J connectivity index is 0.000000200. The number of hydrogen-bond donors (Lipinski definition) is 0. The first kappa shape index (κ1) is 16.7. The third-order valence-electron chi connectivity index (χ3n) is 3.65. The molecule has 2 rings (SSSR count). The normalized spacial score (nSPS) is 14.8. The topological polar surface area (TPSA) is 30.2 Å². The summed E-state index contributed by atoms with van der Waals surface area (Å²) in [6.07, 6.45) is 2.08. The zero-order chi connectivity index (χ0) is 15.4. The van der Waals surface area contributed by atoms with E-state index in [1.807, 2.05) is 11.7 Å². The van der Waals surface area contributed by atoms with Gasteiger partial charge in [0.05, 0.1) is 12.2 Å². The Morgan fingerprint density at radius 2 is 1.65 bits per heavy atom. The third-order valence-corrected chi connectivity index (χ3v) is 3.65. The van der Waals surface area contributed by atoms with Gasteiger partial charge in [0.2, 0.25) is 0 Å². The van der Waals surface area contributed by atoms with E-state index in [4.69, 9.17) is 0 Å². The molecule has 0 unspecified atom stereocenters. The number of aromatic nitrogens is 2. The van der Waals surface area contributed by atoms with E-state index in [-0.39, 0.29) is 0 Å². The molecule has 2 heterocycles. The average molecular weight is 275 g/mol. The summed E-state index contributed by atoms with van der Waals surface area (Å²) >= 11 is 0. The van der Waals surface area contributed by atoms with Gasteiger partial charge in [0.1, 0.15) is 0 Å². The highest BCUT2D eigenvalue weighted by atomic mass is 15.2. The predicted octanol–water partition coefficient (Wildman–Crippen LogP) is 4.29. The van der Waals surface area contributed by atoms with Gasteiger partial charge in [-0.15, -0.1) is 0 Å². The summed E-state index contributed by atoms with van der Waals surface area (Å²) in [5.74, 6) is 1.24. The monoisotopic (exact) mass is 275 g/mol. The van der Waals surface area contributed by atoms with Crippen LogP contribution in [-0.2, 0) is 7.05 Å². The first-order valence-corrected chi connectivity index (χ1v) is 7.45. The SMILES string of the molecule is CC1=NCC(C)=C1C(C)C.Cc1nn(C)cc1C(C)C. The Morgan fingerprint density at radius 1 is 1.05 bits per heavy atom. The van der Waals surface area contributed by atoms with E-state index in [9.17, 15) is 0 Å². The van der Waals surface area contributed by atoms with Crippen LogP contribution in [0.2, 0.25) is 0 Å². The Labute approximate surface area is 123 Å². The molecule has 20 heavy (non-hydrogen) atoms. The van der Waals surface area contributed by atoms with Gasteiger partial charge in [-0.2, -0.15) is 5.10 Å². The van der Waals surface area contributed by atoms with Crippen LogP contribution in [0.5, 0.6) is 0 Å². The molecule has 3 nitrogen and oxygen atoms in total. The van der Waals surface area contributed by atoms with Crippen molar-refractivity contribution >= 4 is 5.71 Å². The van der Waals surface area contributed by atoms with Gasteiger partial charge < -0.3 is 0 Å². The van der Waals surface area contributed by atoms with Crippen molar-refractivity contribution in [3.63, 3.8) is 0 Å². The lowest BCUT2D eigenvalue weighted by Crippen LogP contribution is -2.02. The first-order valence-electron chi connectivity index (χ1n) is 7.45. The van der Waals surface area contributed by atoms with Crippen LogP contribution in [-0.4, -0.2) is 22.0 Å². The first-order chi connectivity index (χ1) is 9.23. The van der Waals surface area contributed by atoms with Gasteiger partial charge in [-0.3, -0.25) is 9.67 Å². The van der Waals surface area contributed by atoms with Gasteiger partial charge in [-0.25, -0.2) is 0 Å². The fraction of sp³-hybridized carbons (Fsp3) is 0.647. The van der Waals surface area contributed by atoms with E-state index >= 15 is 0 Å². The Hall–Kier alpha value is -1.38. The fourth-order valence-corrected chi connectivity index (χ4v) is 2.81. The number of nitrogens with zero attached hydrogens (tertiary/aromatic N) is 3. The van der Waals surface area contributed by atoms with Crippen LogP contribution >= 0.6 is 0 Å². The summed E-state index contributed by atoms with van der Waals surface area (Å²) < 4.78 is 1.87. The summed E-state index contributed by atoms with van der Waals surface area (Å²) in [5, 5.41) is 4.25. The molecular weight excluding hydrogens is 246 g/mol. The van der Waals surface area contributed by atoms with E-state index < -0.39 is 0 Å². The molecule has 0 radical (unpaired) electrons. The van der Waals surface area contributed by atoms with Crippen LogP contribution in [0.15, 0.2) is 22.3 Å². The number of aryl methyl sites for hydroxylation is 2. The standard InChI is InChI=1S/C9H15N.C8H14N2/c1-6(2)9-7(3)5-10-8(9)4;1-6(2)8-5-10(4)9-7(8)3/h6H,5H2,1-4H3;5-6H,1-4H3. The zero-order valence-electron chi connectivity index (χ0n) is 14.3. The van der Waals surface area contributed by atoms with Gasteiger partial charge in [-0.1, -0.05) is 27.7 Å². The summed E-state index contributed by atoms with van der Waals surface area (Å²) in [5.41, 5.74) is 6.67. The highest BCUT2D eigenvalue weighted by Gasteiger charge is 2.14. The minimum Gasteiger partial charge on any atom is -0.285 e. The molecule has 0 aromatic carbocycles. The maximum atomic E-state index is 4.36. The number of hydrogen-bond acceptors (Lipinski definition) is 2. The van der Waals surface area contributed by atoms with Gasteiger partial charge in [0, 0.05) is 19.0 Å². The van der Waals surface area contributed by atoms with E-state index in [1.54, 1.807) is 0 Å². The van der Waals surface area contributed by atoms with Crippen molar-refractivity contribution in [2.75, 3.05) is 6.54 Å². The minimum absolute atomic E-state index is 0.591. The van der Waals surface area contributed by atoms with Crippen LogP contribution in [0.25, 0.3) is 0 Å². The summed E-state index contributed by atoms with van der Waals surface area (Å²) in [6, 6.07) is 0. The minimum atomic E-state index is 0.591. The highest BCUT2D eigenvalue weighted by molar-refractivity contribution is 6.01. The maximum Gasteiger partial charge on any atom is 0.0628 e. The number of aliphatic imine (C=N–C) groups is 1. The van der Waals surface area contributed by atoms with Crippen molar-refractivity contribution in [1.82, 2.24) is 9.78 Å². The maximum absolute atomic E-state index is 4.36. The van der Waals surface area contributed by atoms with E-state index in [2.05, 4.69) is 64.8 Å². The summed E-state index contributed by atoms with van der Waals surface area (Å²) in [4.78, 5) is 4.36. The molecular formula is C17H29N3. The van der Waals surface area contributed by atoms with Crippen molar-refractivity contribution in [3.05, 3.63) is 28.6 Å². The van der Waals surface area contributed by atoms with Crippen LogP contribution in [0.1, 0.15) is 58.7 Å². The Bertz CT molecular complexity index is 516. The molecule has 0 atom stereocenters. The summed E-state index contributed by atoms with van der Waals surface area (Å²) in [6.45, 7) is 16.1. The molecule has 1 aromatic heterocycles. The van der Waals surface area contributed by atoms with Crippen LogP contribution < -0.4 is 0 Å². The van der Waals surface area contributed by atoms with Crippen molar-refractivity contribution in [2.24, 2.45) is 18.0 Å². The molecule has 0 saturated carbocycles. The average Bonchev–Trinajstić information content (AvgIpc) is 2.82.